The molecule has 96 valence electrons. The van der Waals surface area contributed by atoms with Gasteiger partial charge in [-0.3, -0.25) is 0 Å². The maximum atomic E-state index is 11.5. The van der Waals surface area contributed by atoms with E-state index in [0.29, 0.717) is 12.8 Å². The van der Waals surface area contributed by atoms with Crippen LogP contribution in [0.3, 0.4) is 0 Å². The molecule has 1 amide bonds. The molecule has 0 radical (unpaired) electrons. The molecule has 7 nitrogen and oxygen atoms in total. The lowest BCUT2D eigenvalue weighted by Crippen LogP contribution is -2.56. The van der Waals surface area contributed by atoms with E-state index in [1.165, 1.54) is 0 Å². The van der Waals surface area contributed by atoms with Crippen LogP contribution in [0.15, 0.2) is 0 Å². The van der Waals surface area contributed by atoms with Gasteiger partial charge >= 0.3 is 16.3 Å². The molecule has 16 heavy (non-hydrogen) atoms. The third-order valence-electron chi connectivity index (χ3n) is 2.50. The predicted octanol–water partition coefficient (Wildman–Crippen LogP) is -0.306. The van der Waals surface area contributed by atoms with Gasteiger partial charge in [-0.25, -0.2) is 9.52 Å². The first-order valence-electron chi connectivity index (χ1n) is 4.94. The molecule has 0 atom stereocenters. The van der Waals surface area contributed by atoms with E-state index in [0.717, 1.165) is 7.11 Å². The van der Waals surface area contributed by atoms with E-state index in [-0.39, 0.29) is 6.54 Å². The minimum atomic E-state index is -3.94. The van der Waals surface area contributed by atoms with Crippen molar-refractivity contribution in [2.45, 2.75) is 32.2 Å². The molecule has 0 unspecified atom stereocenters. The molecule has 0 bridgehead atoms. The molecule has 4 N–H and O–H groups in total. The zero-order valence-electron chi connectivity index (χ0n) is 9.74. The van der Waals surface area contributed by atoms with Crippen LogP contribution in [0.1, 0.15) is 26.7 Å². The van der Waals surface area contributed by atoms with Crippen molar-refractivity contribution in [2.75, 3.05) is 13.7 Å². The van der Waals surface area contributed by atoms with Gasteiger partial charge < -0.3 is 10.5 Å². The minimum Gasteiger partial charge on any atom is -0.452 e. The molecule has 0 saturated heterocycles. The first kappa shape index (κ1) is 15.1. The molecule has 8 heteroatoms. The molecule has 0 heterocycles. The third kappa shape index (κ3) is 4.33. The Balaban J connectivity index is 4.73. The van der Waals surface area contributed by atoms with Crippen LogP contribution in [0.2, 0.25) is 0 Å². The van der Waals surface area contributed by atoms with E-state index in [1.807, 2.05) is 13.8 Å². The summed E-state index contributed by atoms with van der Waals surface area (Å²) >= 11 is 0. The Morgan fingerprint density at radius 3 is 2.19 bits per heavy atom. The van der Waals surface area contributed by atoms with Gasteiger partial charge in [0.25, 0.3) is 0 Å². The van der Waals surface area contributed by atoms with Gasteiger partial charge in [0.15, 0.2) is 0 Å². The van der Waals surface area contributed by atoms with Crippen molar-refractivity contribution < 1.29 is 17.9 Å². The van der Waals surface area contributed by atoms with Crippen molar-refractivity contribution in [2.24, 2.45) is 5.73 Å². The summed E-state index contributed by atoms with van der Waals surface area (Å²) in [5.74, 6) is 0. The number of nitrogens with two attached hydrogens (primary N) is 1. The average molecular weight is 253 g/mol. The van der Waals surface area contributed by atoms with Gasteiger partial charge in [0.2, 0.25) is 0 Å². The molecule has 0 aromatic rings. The summed E-state index contributed by atoms with van der Waals surface area (Å²) in [6, 6.07) is 0. The predicted molar refractivity (Wildman–Crippen MR) is 60.0 cm³/mol. The summed E-state index contributed by atoms with van der Waals surface area (Å²) in [4.78, 5) is 10.8. The van der Waals surface area contributed by atoms with Gasteiger partial charge in [0, 0.05) is 12.1 Å². The topological polar surface area (TPSA) is 111 Å². The monoisotopic (exact) mass is 253 g/mol. The zero-order valence-corrected chi connectivity index (χ0v) is 10.6. The van der Waals surface area contributed by atoms with E-state index in [2.05, 4.69) is 9.46 Å². The van der Waals surface area contributed by atoms with E-state index in [1.54, 1.807) is 4.72 Å². The number of hydrogen-bond donors (Lipinski definition) is 3. The first-order chi connectivity index (χ1) is 7.34. The van der Waals surface area contributed by atoms with Gasteiger partial charge in [-0.15, -0.1) is 0 Å². The van der Waals surface area contributed by atoms with Crippen LogP contribution in [0.25, 0.3) is 0 Å². The Morgan fingerprint density at radius 2 is 1.88 bits per heavy atom. The van der Waals surface area contributed by atoms with E-state index in [9.17, 15) is 13.2 Å². The summed E-state index contributed by atoms with van der Waals surface area (Å²) in [6.45, 7) is 3.79. The van der Waals surface area contributed by atoms with E-state index in [4.69, 9.17) is 5.73 Å². The minimum absolute atomic E-state index is 0.155. The molecule has 0 aromatic heterocycles. The molecule has 0 aromatic carbocycles. The quantitative estimate of drug-likeness (QED) is 0.601. The van der Waals surface area contributed by atoms with E-state index >= 15 is 0 Å². The standard InChI is InChI=1S/C8H19N3O4S/c1-4-8(5-2,6-9)11-16(13,14)10-7(12)15-3/h11H,4-6,9H2,1-3H3,(H,10,12). The average Bonchev–Trinajstić information content (AvgIpc) is 2.25. The Hall–Kier alpha value is -0.860. The Labute approximate surface area is 95.9 Å². The maximum absolute atomic E-state index is 11.5. The molecular formula is C8H19N3O4S. The fourth-order valence-corrected chi connectivity index (χ4v) is 2.48. The summed E-state index contributed by atoms with van der Waals surface area (Å²) in [6.07, 6.45) is 0.0232. The van der Waals surface area contributed by atoms with Gasteiger partial charge in [-0.1, -0.05) is 13.8 Å². The molecule has 0 fully saturated rings. The van der Waals surface area contributed by atoms with Gasteiger partial charge in [-0.05, 0) is 12.8 Å². The second kappa shape index (κ2) is 6.02. The summed E-state index contributed by atoms with van der Waals surface area (Å²) in [5.41, 5.74) is 4.79. The lowest BCUT2D eigenvalue weighted by atomic mass is 9.95. The van der Waals surface area contributed by atoms with Crippen molar-refractivity contribution in [3.8, 4) is 0 Å². The summed E-state index contributed by atoms with van der Waals surface area (Å²) < 4.78 is 31.3. The number of methoxy groups -OCH3 is 1. The fourth-order valence-electron chi connectivity index (χ4n) is 1.19. The number of rotatable bonds is 6. The highest BCUT2D eigenvalue weighted by Crippen LogP contribution is 2.14. The highest BCUT2D eigenvalue weighted by Gasteiger charge is 2.30. The highest BCUT2D eigenvalue weighted by atomic mass is 32.2. The molecule has 0 rings (SSSR count). The fraction of sp³-hybridized carbons (Fsp3) is 0.875. The number of amides is 1. The summed E-state index contributed by atoms with van der Waals surface area (Å²) in [7, 11) is -2.86. The van der Waals surface area contributed by atoms with Crippen LogP contribution in [0.5, 0.6) is 0 Å². The number of nitrogens with one attached hydrogen (secondary N) is 2. The third-order valence-corrected chi connectivity index (χ3v) is 3.64. The van der Waals surface area contributed by atoms with Crippen LogP contribution in [0, 0.1) is 0 Å². The number of carbonyl (C=O) groups is 1. The van der Waals surface area contributed by atoms with Crippen LogP contribution >= 0.6 is 0 Å². The highest BCUT2D eigenvalue weighted by molar-refractivity contribution is 7.88. The van der Waals surface area contributed by atoms with Gasteiger partial charge in [-0.2, -0.15) is 13.1 Å². The SMILES string of the molecule is CCC(CC)(CN)NS(=O)(=O)NC(=O)OC. The number of carbonyl (C=O) groups excluding carboxylic acids is 1. The Morgan fingerprint density at radius 1 is 1.38 bits per heavy atom. The van der Waals surface area contributed by atoms with Gasteiger partial charge in [0.05, 0.1) is 7.11 Å². The second-order valence-corrected chi connectivity index (χ2v) is 4.81. The largest absolute Gasteiger partial charge is 0.452 e. The molecule has 0 spiro atoms. The number of hydrogen-bond acceptors (Lipinski definition) is 5. The second-order valence-electron chi connectivity index (χ2n) is 3.39. The molecule has 0 aliphatic rings. The zero-order chi connectivity index (χ0) is 12.8. The molecule has 0 aliphatic heterocycles. The maximum Gasteiger partial charge on any atom is 0.421 e. The molecule has 0 aliphatic carbocycles. The smallest absolute Gasteiger partial charge is 0.421 e. The van der Waals surface area contributed by atoms with Crippen LogP contribution in [-0.2, 0) is 14.9 Å². The summed E-state index contributed by atoms with van der Waals surface area (Å²) in [5, 5.41) is 0. The van der Waals surface area contributed by atoms with Crippen LogP contribution in [-0.4, -0.2) is 33.7 Å². The normalized spacial score (nSPS) is 12.2. The molecular weight excluding hydrogens is 234 g/mol. The van der Waals surface area contributed by atoms with Crippen molar-refractivity contribution in [1.29, 1.82) is 0 Å². The van der Waals surface area contributed by atoms with Gasteiger partial charge in [0.1, 0.15) is 0 Å². The number of ether oxygens (including phenoxy) is 1. The lowest BCUT2D eigenvalue weighted by molar-refractivity contribution is 0.177. The first-order valence-corrected chi connectivity index (χ1v) is 6.42. The molecule has 0 saturated carbocycles. The van der Waals surface area contributed by atoms with Crippen molar-refractivity contribution in [3.05, 3.63) is 0 Å². The van der Waals surface area contributed by atoms with Crippen LogP contribution in [0.4, 0.5) is 4.79 Å². The Kier molecular flexibility index (Phi) is 5.70. The van der Waals surface area contributed by atoms with E-state index < -0.39 is 21.8 Å². The van der Waals surface area contributed by atoms with Crippen molar-refractivity contribution in [3.63, 3.8) is 0 Å². The van der Waals surface area contributed by atoms with Crippen molar-refractivity contribution in [1.82, 2.24) is 9.44 Å². The lowest BCUT2D eigenvalue weighted by Gasteiger charge is -2.30. The van der Waals surface area contributed by atoms with Crippen LogP contribution < -0.4 is 15.2 Å². The Bertz CT molecular complexity index is 316. The van der Waals surface area contributed by atoms with Crippen molar-refractivity contribution >= 4 is 16.3 Å².